The first kappa shape index (κ1) is 20.9. The number of hydrogen-bond donors (Lipinski definition) is 1. The highest BCUT2D eigenvalue weighted by atomic mass is 32.2. The van der Waals surface area contributed by atoms with Crippen molar-refractivity contribution >= 4 is 21.6 Å². The van der Waals surface area contributed by atoms with E-state index in [0.717, 1.165) is 23.4 Å². The summed E-state index contributed by atoms with van der Waals surface area (Å²) in [6.45, 7) is 2.02. The third-order valence-corrected chi connectivity index (χ3v) is 5.47. The molecule has 0 radical (unpaired) electrons. The zero-order valence-electron chi connectivity index (χ0n) is 15.6. The Balaban J connectivity index is 2.00. The van der Waals surface area contributed by atoms with E-state index in [1.807, 2.05) is 37.3 Å². The molecular formula is C20H25FN2O3S. The molecule has 0 aliphatic rings. The lowest BCUT2D eigenvalue weighted by molar-refractivity contribution is -0.119. The number of hydrogen-bond acceptors (Lipinski definition) is 3. The predicted molar refractivity (Wildman–Crippen MR) is 106 cm³/mol. The summed E-state index contributed by atoms with van der Waals surface area (Å²) in [4.78, 5) is 12.3. The van der Waals surface area contributed by atoms with Gasteiger partial charge in [0.2, 0.25) is 15.9 Å². The smallest absolute Gasteiger partial charge is 0.240 e. The monoisotopic (exact) mass is 392 g/mol. The minimum absolute atomic E-state index is 0.133. The Morgan fingerprint density at radius 2 is 1.74 bits per heavy atom. The Morgan fingerprint density at radius 1 is 1.11 bits per heavy atom. The number of sulfonamides is 1. The number of halogens is 1. The van der Waals surface area contributed by atoms with Gasteiger partial charge in [-0.1, -0.05) is 55.8 Å². The maximum atomic E-state index is 14.0. The molecule has 0 aromatic heterocycles. The van der Waals surface area contributed by atoms with Gasteiger partial charge in [-0.15, -0.1) is 0 Å². The lowest BCUT2D eigenvalue weighted by Crippen LogP contribution is -2.42. The van der Waals surface area contributed by atoms with Gasteiger partial charge in [-0.2, -0.15) is 0 Å². The van der Waals surface area contributed by atoms with Crippen molar-refractivity contribution in [1.82, 2.24) is 5.32 Å². The number of carbonyl (C=O) groups excluding carboxylic acids is 1. The fourth-order valence-corrected chi connectivity index (χ4v) is 3.64. The van der Waals surface area contributed by atoms with E-state index in [1.165, 1.54) is 29.8 Å². The second-order valence-electron chi connectivity index (χ2n) is 6.49. The lowest BCUT2D eigenvalue weighted by atomic mass is 9.97. The quantitative estimate of drug-likeness (QED) is 0.713. The van der Waals surface area contributed by atoms with Crippen molar-refractivity contribution in [3.8, 4) is 0 Å². The zero-order valence-corrected chi connectivity index (χ0v) is 16.4. The average Bonchev–Trinajstić information content (AvgIpc) is 2.64. The summed E-state index contributed by atoms with van der Waals surface area (Å²) in [5, 5.41) is 2.78. The largest absolute Gasteiger partial charge is 0.354 e. The van der Waals surface area contributed by atoms with Gasteiger partial charge in [0.15, 0.2) is 0 Å². The molecule has 0 spiro atoms. The van der Waals surface area contributed by atoms with Crippen LogP contribution in [0.2, 0.25) is 0 Å². The minimum atomic E-state index is -3.80. The Kier molecular flexibility index (Phi) is 7.36. The van der Waals surface area contributed by atoms with E-state index >= 15 is 0 Å². The van der Waals surface area contributed by atoms with Gasteiger partial charge in [0.1, 0.15) is 12.4 Å². The number of nitrogens with one attached hydrogen (secondary N) is 1. The van der Waals surface area contributed by atoms with Gasteiger partial charge in [0.25, 0.3) is 0 Å². The van der Waals surface area contributed by atoms with E-state index in [1.54, 1.807) is 0 Å². The van der Waals surface area contributed by atoms with Crippen LogP contribution in [0.5, 0.6) is 0 Å². The van der Waals surface area contributed by atoms with Crippen molar-refractivity contribution in [2.45, 2.75) is 19.8 Å². The highest BCUT2D eigenvalue weighted by Gasteiger charge is 2.23. The molecule has 0 saturated carbocycles. The second-order valence-corrected chi connectivity index (χ2v) is 8.40. The third-order valence-electron chi connectivity index (χ3n) is 4.34. The molecule has 1 atom stereocenters. The van der Waals surface area contributed by atoms with E-state index < -0.39 is 28.3 Å². The first-order chi connectivity index (χ1) is 12.8. The molecule has 2 aromatic carbocycles. The van der Waals surface area contributed by atoms with Gasteiger partial charge in [0, 0.05) is 6.54 Å². The van der Waals surface area contributed by atoms with Crippen LogP contribution >= 0.6 is 0 Å². The fourth-order valence-electron chi connectivity index (χ4n) is 2.79. The van der Waals surface area contributed by atoms with Crippen molar-refractivity contribution in [3.05, 3.63) is 66.0 Å². The van der Waals surface area contributed by atoms with Crippen molar-refractivity contribution in [2.75, 3.05) is 23.7 Å². The van der Waals surface area contributed by atoms with Crippen LogP contribution in [0.4, 0.5) is 10.1 Å². The number of benzene rings is 2. The second kappa shape index (κ2) is 9.50. The number of rotatable bonds is 9. The van der Waals surface area contributed by atoms with Crippen LogP contribution in [0.15, 0.2) is 54.6 Å². The molecule has 2 aromatic rings. The molecule has 1 N–H and O–H groups in total. The number of para-hydroxylation sites is 1. The van der Waals surface area contributed by atoms with Crippen molar-refractivity contribution in [1.29, 1.82) is 0 Å². The summed E-state index contributed by atoms with van der Waals surface area (Å²) in [6, 6.07) is 15.5. The van der Waals surface area contributed by atoms with Crippen LogP contribution in [0.3, 0.4) is 0 Å². The first-order valence-corrected chi connectivity index (χ1v) is 10.7. The van der Waals surface area contributed by atoms with Gasteiger partial charge in [-0.3, -0.25) is 9.10 Å². The number of nitrogens with zero attached hydrogens (tertiary/aromatic N) is 1. The van der Waals surface area contributed by atoms with Crippen molar-refractivity contribution in [3.63, 3.8) is 0 Å². The molecule has 1 amide bonds. The molecule has 5 nitrogen and oxygen atoms in total. The van der Waals surface area contributed by atoms with Crippen LogP contribution in [0, 0.1) is 11.7 Å². The third kappa shape index (κ3) is 6.36. The molecular weight excluding hydrogens is 367 g/mol. The SMILES string of the molecule is CCC(CNC(=O)CN(c1ccccc1F)S(C)(=O)=O)Cc1ccccc1. The highest BCUT2D eigenvalue weighted by Crippen LogP contribution is 2.21. The zero-order chi connectivity index (χ0) is 19.9. The summed E-state index contributed by atoms with van der Waals surface area (Å²) in [5.41, 5.74) is 1.05. The van der Waals surface area contributed by atoms with Gasteiger partial charge < -0.3 is 5.32 Å². The molecule has 0 heterocycles. The maximum absolute atomic E-state index is 14.0. The summed E-state index contributed by atoms with van der Waals surface area (Å²) < 4.78 is 38.8. The molecule has 0 saturated heterocycles. The van der Waals surface area contributed by atoms with Gasteiger partial charge in [0.05, 0.1) is 11.9 Å². The van der Waals surface area contributed by atoms with E-state index in [9.17, 15) is 17.6 Å². The topological polar surface area (TPSA) is 66.5 Å². The summed E-state index contributed by atoms with van der Waals surface area (Å²) >= 11 is 0. The molecule has 0 aliphatic heterocycles. The van der Waals surface area contributed by atoms with E-state index in [-0.39, 0.29) is 11.6 Å². The number of anilines is 1. The number of amides is 1. The van der Waals surface area contributed by atoms with Crippen LogP contribution in [0.25, 0.3) is 0 Å². The maximum Gasteiger partial charge on any atom is 0.240 e. The van der Waals surface area contributed by atoms with Crippen LogP contribution in [0.1, 0.15) is 18.9 Å². The Labute approximate surface area is 160 Å². The first-order valence-electron chi connectivity index (χ1n) is 8.84. The number of carbonyl (C=O) groups is 1. The standard InChI is InChI=1S/C20H25FN2O3S/c1-3-16(13-17-9-5-4-6-10-17)14-22-20(24)15-23(27(2,25)26)19-12-8-7-11-18(19)21/h4-12,16H,3,13-15H2,1-2H3,(H,22,24). The van der Waals surface area contributed by atoms with Crippen LogP contribution in [-0.4, -0.2) is 33.7 Å². The minimum Gasteiger partial charge on any atom is -0.354 e. The Bertz CT molecular complexity index is 857. The van der Waals surface area contributed by atoms with Gasteiger partial charge >= 0.3 is 0 Å². The molecule has 2 rings (SSSR count). The molecule has 1 unspecified atom stereocenters. The molecule has 7 heteroatoms. The molecule has 27 heavy (non-hydrogen) atoms. The van der Waals surface area contributed by atoms with E-state index in [4.69, 9.17) is 0 Å². The van der Waals surface area contributed by atoms with Gasteiger partial charge in [-0.05, 0) is 30.0 Å². The van der Waals surface area contributed by atoms with E-state index in [0.29, 0.717) is 6.54 Å². The molecule has 0 bridgehead atoms. The molecule has 146 valence electrons. The van der Waals surface area contributed by atoms with Crippen molar-refractivity contribution in [2.24, 2.45) is 5.92 Å². The van der Waals surface area contributed by atoms with Crippen LogP contribution < -0.4 is 9.62 Å². The van der Waals surface area contributed by atoms with Gasteiger partial charge in [-0.25, -0.2) is 12.8 Å². The highest BCUT2D eigenvalue weighted by molar-refractivity contribution is 7.92. The fraction of sp³-hybridized carbons (Fsp3) is 0.350. The summed E-state index contributed by atoms with van der Waals surface area (Å²) in [6.07, 6.45) is 2.65. The van der Waals surface area contributed by atoms with E-state index in [2.05, 4.69) is 5.32 Å². The summed E-state index contributed by atoms with van der Waals surface area (Å²) in [7, 11) is -3.80. The molecule has 0 fully saturated rings. The lowest BCUT2D eigenvalue weighted by Gasteiger charge is -2.23. The average molecular weight is 392 g/mol. The molecule has 0 aliphatic carbocycles. The Morgan fingerprint density at radius 3 is 2.33 bits per heavy atom. The predicted octanol–water partition coefficient (Wildman–Crippen LogP) is 2.98. The van der Waals surface area contributed by atoms with Crippen LogP contribution in [-0.2, 0) is 21.2 Å². The Hall–Kier alpha value is -2.41. The summed E-state index contributed by atoms with van der Waals surface area (Å²) in [5.74, 6) is -0.919. The van der Waals surface area contributed by atoms with Crippen molar-refractivity contribution < 1.29 is 17.6 Å². The normalized spacial score (nSPS) is 12.4.